The first-order valence-corrected chi connectivity index (χ1v) is 11.3. The van der Waals surface area contributed by atoms with Crippen LogP contribution in [-0.2, 0) is 9.53 Å². The van der Waals surface area contributed by atoms with Gasteiger partial charge in [0.25, 0.3) is 0 Å². The van der Waals surface area contributed by atoms with E-state index in [-0.39, 0.29) is 5.41 Å². The second-order valence-corrected chi connectivity index (χ2v) is 10.5. The lowest BCUT2D eigenvalue weighted by Crippen LogP contribution is -2.39. The number of aliphatic carboxylic acids is 1. The average Bonchev–Trinajstić information content (AvgIpc) is 2.72. The summed E-state index contributed by atoms with van der Waals surface area (Å²) in [6, 6.07) is 4.55. The van der Waals surface area contributed by atoms with Gasteiger partial charge in [-0.15, -0.1) is 0 Å². The van der Waals surface area contributed by atoms with E-state index in [4.69, 9.17) is 9.47 Å². The van der Waals surface area contributed by atoms with Crippen LogP contribution < -0.4 is 9.64 Å². The molecule has 1 aromatic carbocycles. The van der Waals surface area contributed by atoms with Crippen molar-refractivity contribution in [1.82, 2.24) is 4.98 Å². The van der Waals surface area contributed by atoms with E-state index >= 15 is 4.39 Å². The van der Waals surface area contributed by atoms with Crippen LogP contribution in [0.1, 0.15) is 64.8 Å². The highest BCUT2D eigenvalue weighted by Gasteiger charge is 2.36. The minimum absolute atomic E-state index is 0.189. The van der Waals surface area contributed by atoms with Crippen molar-refractivity contribution in [2.24, 2.45) is 5.41 Å². The molecule has 1 N–H and O–H groups in total. The number of anilines is 1. The van der Waals surface area contributed by atoms with Gasteiger partial charge in [-0.2, -0.15) is 0 Å². The summed E-state index contributed by atoms with van der Waals surface area (Å²) in [5.74, 6) is -1.01. The Morgan fingerprint density at radius 2 is 1.85 bits per heavy atom. The van der Waals surface area contributed by atoms with E-state index in [1.807, 2.05) is 20.8 Å². The maximum atomic E-state index is 15.1. The van der Waals surface area contributed by atoms with Gasteiger partial charge in [-0.3, -0.25) is 4.98 Å². The number of carboxylic acid groups (broad SMARTS) is 1. The van der Waals surface area contributed by atoms with Gasteiger partial charge in [0.2, 0.25) is 0 Å². The predicted octanol–water partition coefficient (Wildman–Crippen LogP) is 5.77. The number of hydrogen-bond donors (Lipinski definition) is 1. The van der Waals surface area contributed by atoms with Crippen LogP contribution in [0.25, 0.3) is 11.1 Å². The standard InChI is InChI=1S/C26H35FN2O4/c1-16-21(23(24(30)31)33-25(2,3)4)22(29-12-10-26(5,6)11-13-29)19(15-28-16)18-14-17(32-7)8-9-20(18)27/h8-9,14-15,23H,10-13H2,1-7H3,(H,30,31)/t23-/m0/s1. The molecule has 7 heteroatoms. The summed E-state index contributed by atoms with van der Waals surface area (Å²) in [5, 5.41) is 10.2. The fraction of sp³-hybridized carbons (Fsp3) is 0.538. The van der Waals surface area contributed by atoms with Crippen molar-refractivity contribution in [1.29, 1.82) is 0 Å². The molecular formula is C26H35FN2O4. The summed E-state index contributed by atoms with van der Waals surface area (Å²) in [6.07, 6.45) is 2.26. The third-order valence-corrected chi connectivity index (χ3v) is 6.14. The molecule has 1 saturated heterocycles. The second kappa shape index (κ2) is 9.29. The number of hydrogen-bond acceptors (Lipinski definition) is 5. The van der Waals surface area contributed by atoms with Crippen LogP contribution in [0.5, 0.6) is 5.75 Å². The maximum Gasteiger partial charge on any atom is 0.337 e. The second-order valence-electron chi connectivity index (χ2n) is 10.5. The fourth-order valence-electron chi connectivity index (χ4n) is 4.22. The highest BCUT2D eigenvalue weighted by Crippen LogP contribution is 2.44. The zero-order valence-electron chi connectivity index (χ0n) is 20.7. The first kappa shape index (κ1) is 25.0. The lowest BCUT2D eigenvalue weighted by atomic mass is 9.82. The topological polar surface area (TPSA) is 71.9 Å². The quantitative estimate of drug-likeness (QED) is 0.592. The zero-order chi connectivity index (χ0) is 24.6. The summed E-state index contributed by atoms with van der Waals surface area (Å²) < 4.78 is 26.4. The van der Waals surface area contributed by atoms with Gasteiger partial charge >= 0.3 is 5.97 Å². The van der Waals surface area contributed by atoms with Crippen molar-refractivity contribution in [3.05, 3.63) is 41.5 Å². The van der Waals surface area contributed by atoms with Crippen molar-refractivity contribution in [3.8, 4) is 16.9 Å². The molecule has 1 fully saturated rings. The van der Waals surface area contributed by atoms with Crippen molar-refractivity contribution >= 4 is 11.7 Å². The van der Waals surface area contributed by atoms with E-state index in [0.717, 1.165) is 25.9 Å². The third-order valence-electron chi connectivity index (χ3n) is 6.14. The third kappa shape index (κ3) is 5.64. The van der Waals surface area contributed by atoms with Gasteiger partial charge in [-0.05, 0) is 64.2 Å². The molecule has 0 amide bonds. The van der Waals surface area contributed by atoms with Gasteiger partial charge in [0.05, 0.1) is 18.4 Å². The van der Waals surface area contributed by atoms with Crippen LogP contribution in [-0.4, -0.2) is 41.9 Å². The first-order chi connectivity index (χ1) is 15.3. The van der Waals surface area contributed by atoms with Crippen molar-refractivity contribution in [2.75, 3.05) is 25.1 Å². The molecule has 2 aromatic rings. The predicted molar refractivity (Wildman–Crippen MR) is 127 cm³/mol. The van der Waals surface area contributed by atoms with Gasteiger partial charge in [0.1, 0.15) is 11.6 Å². The summed E-state index contributed by atoms with van der Waals surface area (Å²) in [6.45, 7) is 13.2. The lowest BCUT2D eigenvalue weighted by Gasteiger charge is -2.41. The van der Waals surface area contributed by atoms with E-state index in [2.05, 4.69) is 23.7 Å². The minimum Gasteiger partial charge on any atom is -0.497 e. The molecule has 0 bridgehead atoms. The van der Waals surface area contributed by atoms with Crippen LogP contribution in [0.3, 0.4) is 0 Å². The summed E-state index contributed by atoms with van der Waals surface area (Å²) in [4.78, 5) is 19.1. The molecule has 0 aliphatic carbocycles. The van der Waals surface area contributed by atoms with E-state index in [9.17, 15) is 9.90 Å². The summed E-state index contributed by atoms with van der Waals surface area (Å²) in [5.41, 5.74) is 2.04. The van der Waals surface area contributed by atoms with Crippen LogP contribution in [0.4, 0.5) is 10.1 Å². The summed E-state index contributed by atoms with van der Waals surface area (Å²) >= 11 is 0. The number of methoxy groups -OCH3 is 1. The van der Waals surface area contributed by atoms with Crippen LogP contribution in [0.15, 0.2) is 24.4 Å². The van der Waals surface area contributed by atoms with E-state index in [1.54, 1.807) is 25.3 Å². The molecule has 6 nitrogen and oxygen atoms in total. The number of ether oxygens (including phenoxy) is 2. The Morgan fingerprint density at radius 3 is 2.39 bits per heavy atom. The Kier molecular flexibility index (Phi) is 7.03. The molecule has 0 saturated carbocycles. The number of carboxylic acids is 1. The number of aromatic nitrogens is 1. The molecule has 0 unspecified atom stereocenters. The van der Waals surface area contributed by atoms with Crippen molar-refractivity contribution in [3.63, 3.8) is 0 Å². The highest BCUT2D eigenvalue weighted by atomic mass is 19.1. The SMILES string of the molecule is COc1ccc(F)c(-c2cnc(C)c([C@H](OC(C)(C)C)C(=O)O)c2N2CCC(C)(C)CC2)c1. The molecular weight excluding hydrogens is 423 g/mol. The summed E-state index contributed by atoms with van der Waals surface area (Å²) in [7, 11) is 1.53. The smallest absolute Gasteiger partial charge is 0.337 e. The Morgan fingerprint density at radius 1 is 1.21 bits per heavy atom. The van der Waals surface area contributed by atoms with E-state index in [0.29, 0.717) is 33.8 Å². The number of nitrogens with zero attached hydrogens (tertiary/aromatic N) is 2. The lowest BCUT2D eigenvalue weighted by molar-refractivity contribution is -0.160. The maximum absolute atomic E-state index is 15.1. The number of pyridine rings is 1. The molecule has 1 aromatic heterocycles. The van der Waals surface area contributed by atoms with Crippen LogP contribution >= 0.6 is 0 Å². The number of halogens is 1. The van der Waals surface area contributed by atoms with E-state index < -0.39 is 23.5 Å². The monoisotopic (exact) mass is 458 g/mol. The Labute approximate surface area is 195 Å². The molecule has 1 aliphatic rings. The normalized spacial score (nSPS) is 17.0. The van der Waals surface area contributed by atoms with Crippen LogP contribution in [0, 0.1) is 18.2 Å². The number of aryl methyl sites for hydroxylation is 1. The first-order valence-electron chi connectivity index (χ1n) is 11.3. The number of rotatable bonds is 6. The molecule has 3 rings (SSSR count). The van der Waals surface area contributed by atoms with Gasteiger partial charge in [0, 0.05) is 41.7 Å². The van der Waals surface area contributed by atoms with Gasteiger partial charge in [-0.1, -0.05) is 13.8 Å². The average molecular weight is 459 g/mol. The fourth-order valence-corrected chi connectivity index (χ4v) is 4.22. The largest absolute Gasteiger partial charge is 0.497 e. The molecule has 180 valence electrons. The molecule has 1 atom stereocenters. The Bertz CT molecular complexity index is 1020. The number of carbonyl (C=O) groups is 1. The highest BCUT2D eigenvalue weighted by molar-refractivity contribution is 5.86. The molecule has 0 spiro atoms. The zero-order valence-corrected chi connectivity index (χ0v) is 20.7. The van der Waals surface area contributed by atoms with Gasteiger partial charge in [-0.25, -0.2) is 9.18 Å². The number of piperidine rings is 1. The van der Waals surface area contributed by atoms with Gasteiger partial charge < -0.3 is 19.5 Å². The van der Waals surface area contributed by atoms with Gasteiger partial charge in [0.15, 0.2) is 6.10 Å². The Balaban J connectivity index is 2.29. The van der Waals surface area contributed by atoms with Crippen molar-refractivity contribution < 1.29 is 23.8 Å². The molecule has 2 heterocycles. The molecule has 33 heavy (non-hydrogen) atoms. The molecule has 0 radical (unpaired) electrons. The van der Waals surface area contributed by atoms with Crippen molar-refractivity contribution in [2.45, 2.75) is 66.1 Å². The molecule has 1 aliphatic heterocycles. The van der Waals surface area contributed by atoms with E-state index in [1.165, 1.54) is 13.2 Å². The minimum atomic E-state index is -1.24. The number of benzene rings is 1. The Hall–Kier alpha value is -2.67. The van der Waals surface area contributed by atoms with Crippen LogP contribution in [0.2, 0.25) is 0 Å².